The van der Waals surface area contributed by atoms with Crippen LogP contribution in [0.1, 0.15) is 21.7 Å². The minimum absolute atomic E-state index is 0.168. The number of hydrogen-bond donors (Lipinski definition) is 1. The molecule has 116 valence electrons. The van der Waals surface area contributed by atoms with Crippen LogP contribution in [0.2, 0.25) is 0 Å². The van der Waals surface area contributed by atoms with E-state index in [1.165, 1.54) is 0 Å². The molecule has 0 aliphatic heterocycles. The number of aromatic nitrogens is 3. The highest BCUT2D eigenvalue weighted by molar-refractivity contribution is 9.10. The third-order valence-electron chi connectivity index (χ3n) is 3.34. The van der Waals surface area contributed by atoms with E-state index in [-0.39, 0.29) is 5.91 Å². The minimum atomic E-state index is -0.168. The number of rotatable bonds is 3. The Morgan fingerprint density at radius 3 is 2.43 bits per heavy atom. The number of pyridine rings is 1. The first-order valence-electron chi connectivity index (χ1n) is 7.09. The number of aryl methyl sites for hydroxylation is 2. The lowest BCUT2D eigenvalue weighted by Gasteiger charge is -2.07. The zero-order chi connectivity index (χ0) is 16.4. The fourth-order valence-corrected chi connectivity index (χ4v) is 2.51. The van der Waals surface area contributed by atoms with E-state index >= 15 is 0 Å². The number of carbonyl (C=O) groups excluding carboxylic acids is 1. The van der Waals surface area contributed by atoms with Gasteiger partial charge in [0.05, 0.1) is 17.6 Å². The summed E-state index contributed by atoms with van der Waals surface area (Å²) in [5.41, 5.74) is 3.19. The Morgan fingerprint density at radius 1 is 1.13 bits per heavy atom. The van der Waals surface area contributed by atoms with Gasteiger partial charge in [0.15, 0.2) is 5.82 Å². The Hall–Kier alpha value is -2.47. The van der Waals surface area contributed by atoms with Crippen LogP contribution in [0.3, 0.4) is 0 Å². The molecule has 3 aromatic rings. The molecule has 0 bridgehead atoms. The van der Waals surface area contributed by atoms with Crippen molar-refractivity contribution in [1.29, 1.82) is 0 Å². The van der Waals surface area contributed by atoms with Crippen LogP contribution < -0.4 is 5.32 Å². The molecule has 0 fully saturated rings. The van der Waals surface area contributed by atoms with Gasteiger partial charge in [0.25, 0.3) is 5.91 Å². The monoisotopic (exact) mass is 370 g/mol. The second kappa shape index (κ2) is 6.34. The lowest BCUT2D eigenvalue weighted by atomic mass is 10.2. The smallest absolute Gasteiger partial charge is 0.255 e. The molecule has 0 saturated heterocycles. The van der Waals surface area contributed by atoms with Gasteiger partial charge in [-0.2, -0.15) is 5.10 Å². The quantitative estimate of drug-likeness (QED) is 0.760. The predicted octanol–water partition coefficient (Wildman–Crippen LogP) is 3.90. The summed E-state index contributed by atoms with van der Waals surface area (Å²) >= 11 is 3.35. The molecule has 3 rings (SSSR count). The van der Waals surface area contributed by atoms with Crippen molar-refractivity contribution in [2.75, 3.05) is 5.32 Å². The molecule has 2 heterocycles. The molecule has 0 radical (unpaired) electrons. The van der Waals surface area contributed by atoms with Crippen molar-refractivity contribution < 1.29 is 4.79 Å². The average molecular weight is 371 g/mol. The molecule has 0 unspecified atom stereocenters. The van der Waals surface area contributed by atoms with Gasteiger partial charge in [0.2, 0.25) is 0 Å². The van der Waals surface area contributed by atoms with Crippen LogP contribution in [0, 0.1) is 13.8 Å². The van der Waals surface area contributed by atoms with E-state index in [1.54, 1.807) is 23.0 Å². The molecule has 0 aliphatic carbocycles. The number of benzene rings is 1. The van der Waals surface area contributed by atoms with Gasteiger partial charge in [-0.3, -0.25) is 4.79 Å². The van der Waals surface area contributed by atoms with E-state index in [0.717, 1.165) is 21.7 Å². The highest BCUT2D eigenvalue weighted by Gasteiger charge is 2.08. The van der Waals surface area contributed by atoms with Gasteiger partial charge >= 0.3 is 0 Å². The first-order valence-corrected chi connectivity index (χ1v) is 7.89. The summed E-state index contributed by atoms with van der Waals surface area (Å²) in [5.74, 6) is 0.551. The van der Waals surface area contributed by atoms with Crippen LogP contribution in [0.25, 0.3) is 5.82 Å². The first-order chi connectivity index (χ1) is 11.0. The molecule has 0 atom stereocenters. The molecule has 2 aromatic heterocycles. The van der Waals surface area contributed by atoms with E-state index < -0.39 is 0 Å². The van der Waals surface area contributed by atoms with E-state index in [4.69, 9.17) is 0 Å². The maximum absolute atomic E-state index is 12.2. The number of nitrogens with one attached hydrogen (secondary N) is 1. The van der Waals surface area contributed by atoms with E-state index in [0.29, 0.717) is 11.3 Å². The molecule has 0 aliphatic rings. The second-order valence-electron chi connectivity index (χ2n) is 5.20. The highest BCUT2D eigenvalue weighted by Crippen LogP contribution is 2.15. The standard InChI is InChI=1S/C17H15BrN4O/c1-11-9-12(2)22(21-11)16-8-7-15(10-19-16)20-17(23)13-3-5-14(18)6-4-13/h3-10H,1-2H3,(H,20,23). The van der Waals surface area contributed by atoms with Gasteiger partial charge < -0.3 is 5.32 Å². The molecule has 1 amide bonds. The number of hydrogen-bond acceptors (Lipinski definition) is 3. The number of carbonyl (C=O) groups is 1. The number of amides is 1. The third-order valence-corrected chi connectivity index (χ3v) is 3.87. The van der Waals surface area contributed by atoms with Crippen molar-refractivity contribution in [2.45, 2.75) is 13.8 Å². The summed E-state index contributed by atoms with van der Waals surface area (Å²) < 4.78 is 2.71. The van der Waals surface area contributed by atoms with Gasteiger partial charge in [-0.25, -0.2) is 9.67 Å². The Balaban J connectivity index is 1.76. The van der Waals surface area contributed by atoms with E-state index in [9.17, 15) is 4.79 Å². The highest BCUT2D eigenvalue weighted by atomic mass is 79.9. The van der Waals surface area contributed by atoms with Crippen LogP contribution in [0.15, 0.2) is 53.1 Å². The summed E-state index contributed by atoms with van der Waals surface area (Å²) in [6, 6.07) is 12.8. The fourth-order valence-electron chi connectivity index (χ4n) is 2.25. The third kappa shape index (κ3) is 3.48. The van der Waals surface area contributed by atoms with Crippen LogP contribution in [-0.4, -0.2) is 20.7 Å². The van der Waals surface area contributed by atoms with Gasteiger partial charge in [0.1, 0.15) is 0 Å². The minimum Gasteiger partial charge on any atom is -0.321 e. The molecular formula is C17H15BrN4O. The Bertz CT molecular complexity index is 838. The lowest BCUT2D eigenvalue weighted by Crippen LogP contribution is -2.12. The Labute approximate surface area is 142 Å². The summed E-state index contributed by atoms with van der Waals surface area (Å²) in [5, 5.41) is 7.22. The normalized spacial score (nSPS) is 10.6. The van der Waals surface area contributed by atoms with Crippen LogP contribution in [-0.2, 0) is 0 Å². The Morgan fingerprint density at radius 2 is 1.87 bits per heavy atom. The zero-order valence-corrected chi connectivity index (χ0v) is 14.3. The van der Waals surface area contributed by atoms with Crippen LogP contribution in [0.5, 0.6) is 0 Å². The molecule has 5 nitrogen and oxygen atoms in total. The summed E-state index contributed by atoms with van der Waals surface area (Å²) in [7, 11) is 0. The molecule has 1 N–H and O–H groups in total. The molecule has 1 aromatic carbocycles. The van der Waals surface area contributed by atoms with Crippen molar-refractivity contribution >= 4 is 27.5 Å². The molecule has 23 heavy (non-hydrogen) atoms. The van der Waals surface area contributed by atoms with Crippen molar-refractivity contribution in [3.05, 3.63) is 70.1 Å². The summed E-state index contributed by atoms with van der Waals surface area (Å²) in [6.07, 6.45) is 1.63. The number of nitrogens with zero attached hydrogens (tertiary/aromatic N) is 3. The van der Waals surface area contributed by atoms with Crippen molar-refractivity contribution in [3.8, 4) is 5.82 Å². The van der Waals surface area contributed by atoms with Gasteiger partial charge in [0, 0.05) is 15.7 Å². The lowest BCUT2D eigenvalue weighted by molar-refractivity contribution is 0.102. The summed E-state index contributed by atoms with van der Waals surface area (Å²) in [6.45, 7) is 3.92. The van der Waals surface area contributed by atoms with Crippen LogP contribution in [0.4, 0.5) is 5.69 Å². The Kier molecular flexibility index (Phi) is 4.25. The maximum Gasteiger partial charge on any atom is 0.255 e. The van der Waals surface area contributed by atoms with Crippen LogP contribution >= 0.6 is 15.9 Å². The van der Waals surface area contributed by atoms with E-state index in [1.807, 2.05) is 44.2 Å². The largest absolute Gasteiger partial charge is 0.321 e. The molecule has 6 heteroatoms. The van der Waals surface area contributed by atoms with Gasteiger partial charge in [-0.1, -0.05) is 15.9 Å². The first kappa shape index (κ1) is 15.4. The topological polar surface area (TPSA) is 59.8 Å². The average Bonchev–Trinajstić information content (AvgIpc) is 2.87. The second-order valence-corrected chi connectivity index (χ2v) is 6.12. The predicted molar refractivity (Wildman–Crippen MR) is 92.9 cm³/mol. The summed E-state index contributed by atoms with van der Waals surface area (Å²) in [4.78, 5) is 16.5. The van der Waals surface area contributed by atoms with Crippen molar-refractivity contribution in [1.82, 2.24) is 14.8 Å². The SMILES string of the molecule is Cc1cc(C)n(-c2ccc(NC(=O)c3ccc(Br)cc3)cn2)n1. The zero-order valence-electron chi connectivity index (χ0n) is 12.7. The van der Waals surface area contributed by atoms with E-state index in [2.05, 4.69) is 31.3 Å². The maximum atomic E-state index is 12.2. The number of anilines is 1. The van der Waals surface area contributed by atoms with Crippen molar-refractivity contribution in [2.24, 2.45) is 0 Å². The van der Waals surface area contributed by atoms with Gasteiger partial charge in [-0.15, -0.1) is 0 Å². The van der Waals surface area contributed by atoms with Crippen molar-refractivity contribution in [3.63, 3.8) is 0 Å². The fraction of sp³-hybridized carbons (Fsp3) is 0.118. The molecule has 0 saturated carbocycles. The number of halogens is 1. The van der Waals surface area contributed by atoms with Gasteiger partial charge in [-0.05, 0) is 56.3 Å². The molecular weight excluding hydrogens is 356 g/mol. The molecule has 0 spiro atoms.